The van der Waals surface area contributed by atoms with Crippen molar-refractivity contribution in [2.24, 2.45) is 0 Å². The van der Waals surface area contributed by atoms with Gasteiger partial charge >= 0.3 is 0 Å². The van der Waals surface area contributed by atoms with Gasteiger partial charge in [0, 0.05) is 51.6 Å². The molecule has 0 fully saturated rings. The Hall–Kier alpha value is -5.14. The summed E-state index contributed by atoms with van der Waals surface area (Å²) in [5.74, 6) is 0. The first kappa shape index (κ1) is 30.9. The van der Waals surface area contributed by atoms with Crippen LogP contribution in [0, 0.1) is 0 Å². The van der Waals surface area contributed by atoms with Crippen LogP contribution in [0.2, 0.25) is 0 Å². The summed E-state index contributed by atoms with van der Waals surface area (Å²) in [7, 11) is 0. The van der Waals surface area contributed by atoms with Crippen LogP contribution in [0.15, 0.2) is 142 Å². The molecule has 3 nitrogen and oxygen atoms in total. The van der Waals surface area contributed by atoms with E-state index in [0.29, 0.717) is 0 Å². The maximum atomic E-state index is 5.39. The fourth-order valence-corrected chi connectivity index (χ4v) is 8.42. The van der Waals surface area contributed by atoms with Crippen molar-refractivity contribution >= 4 is 87.9 Å². The number of halogens is 2. The number of hydrogen-bond donors (Lipinski definition) is 1. The maximum Gasteiger partial charge on any atom is 0.0737 e. The highest BCUT2D eigenvalue weighted by Gasteiger charge is 2.19. The van der Waals surface area contributed by atoms with Crippen LogP contribution in [0.25, 0.3) is 89.2 Å². The number of H-pyrrole nitrogens is 1. The molecule has 0 spiro atoms. The number of aromatic amines is 1. The molecule has 2 aliphatic heterocycles. The van der Waals surface area contributed by atoms with Crippen molar-refractivity contribution in [2.45, 2.75) is 0 Å². The molecule has 0 unspecified atom stereocenters. The summed E-state index contributed by atoms with van der Waals surface area (Å²) in [6, 6.07) is 46.9. The minimum absolute atomic E-state index is 0.912. The Labute approximate surface area is 310 Å². The van der Waals surface area contributed by atoms with Gasteiger partial charge in [-0.3, -0.25) is 0 Å². The van der Waals surface area contributed by atoms with Crippen molar-refractivity contribution < 1.29 is 0 Å². The highest BCUT2D eigenvalue weighted by Crippen LogP contribution is 2.41. The molecule has 0 amide bonds. The number of nitrogens with one attached hydrogen (secondary N) is 1. The van der Waals surface area contributed by atoms with Crippen molar-refractivity contribution in [3.05, 3.63) is 165 Å². The maximum absolute atomic E-state index is 5.39. The van der Waals surface area contributed by atoms with E-state index in [4.69, 9.17) is 9.97 Å². The second kappa shape index (κ2) is 13.0. The summed E-state index contributed by atoms with van der Waals surface area (Å²) in [6.45, 7) is 0. The van der Waals surface area contributed by atoms with Gasteiger partial charge in [0.05, 0.1) is 22.8 Å². The van der Waals surface area contributed by atoms with Crippen LogP contribution in [-0.2, 0) is 0 Å². The average molecular weight is 790 g/mol. The number of nitrogens with zero attached hydrogens (tertiary/aromatic N) is 2. The first-order valence-corrected chi connectivity index (χ1v) is 18.7. The summed E-state index contributed by atoms with van der Waals surface area (Å²) < 4.78 is 4.35. The molecule has 0 saturated heterocycles. The SMILES string of the molecule is Brc1ccc(-c2c3nc(c(-c4ccccc4)c4ccc([nH]4)c(-c4ccccc4)c4nc(c(-c5ccc(Br)cc5)c5ccc2s5)C=C4)C=C3)cc1. The van der Waals surface area contributed by atoms with E-state index in [1.54, 1.807) is 11.3 Å². The monoisotopic (exact) mass is 787 g/mol. The van der Waals surface area contributed by atoms with Crippen molar-refractivity contribution in [1.82, 2.24) is 15.0 Å². The minimum atomic E-state index is 0.912. The lowest BCUT2D eigenvalue weighted by Crippen LogP contribution is -1.88. The smallest absolute Gasteiger partial charge is 0.0737 e. The van der Waals surface area contributed by atoms with E-state index in [1.165, 1.54) is 0 Å². The molecule has 0 radical (unpaired) electrons. The Morgan fingerprint density at radius 1 is 0.380 bits per heavy atom. The van der Waals surface area contributed by atoms with Gasteiger partial charge in [-0.1, -0.05) is 117 Å². The Morgan fingerprint density at radius 2 is 0.740 bits per heavy atom. The summed E-state index contributed by atoms with van der Waals surface area (Å²) in [5.41, 5.74) is 14.4. The fraction of sp³-hybridized carbons (Fsp3) is 0. The molecule has 7 aromatic rings. The van der Waals surface area contributed by atoms with Gasteiger partial charge in [-0.25, -0.2) is 9.97 Å². The van der Waals surface area contributed by atoms with Gasteiger partial charge in [0.15, 0.2) is 0 Å². The van der Waals surface area contributed by atoms with E-state index in [0.717, 1.165) is 96.7 Å². The van der Waals surface area contributed by atoms with Crippen LogP contribution in [0.3, 0.4) is 0 Å². The van der Waals surface area contributed by atoms with E-state index < -0.39 is 0 Å². The number of rotatable bonds is 4. The lowest BCUT2D eigenvalue weighted by Gasteiger charge is -2.06. The molecule has 3 aromatic heterocycles. The van der Waals surface area contributed by atoms with E-state index >= 15 is 0 Å². The standard InChI is InChI=1S/C44H27Br2N3S/c45-31-15-11-29(12-16-31)43-37-23-21-35(48-37)41(27-7-3-1-4-8-27)33-19-20-34(47-33)42(28-9-5-2-6-10-28)36-22-24-38(49-36)44(40-26-25-39(43)50-40)30-13-17-32(46)18-14-30/h1-26,47H. The molecule has 2 aliphatic rings. The van der Waals surface area contributed by atoms with Crippen LogP contribution in [0.1, 0.15) is 22.8 Å². The van der Waals surface area contributed by atoms with Crippen molar-refractivity contribution in [3.8, 4) is 44.5 Å². The van der Waals surface area contributed by atoms with Gasteiger partial charge < -0.3 is 4.98 Å². The molecule has 0 saturated carbocycles. The van der Waals surface area contributed by atoms with E-state index in [9.17, 15) is 0 Å². The van der Waals surface area contributed by atoms with Crippen LogP contribution in [0.4, 0.5) is 0 Å². The predicted octanol–water partition coefficient (Wildman–Crippen LogP) is 13.6. The van der Waals surface area contributed by atoms with E-state index in [1.807, 2.05) is 0 Å². The summed E-state index contributed by atoms with van der Waals surface area (Å²) >= 11 is 9.05. The molecule has 4 aromatic carbocycles. The third-order valence-corrected chi connectivity index (χ3v) is 11.2. The number of benzene rings is 4. The van der Waals surface area contributed by atoms with Crippen LogP contribution in [0.5, 0.6) is 0 Å². The van der Waals surface area contributed by atoms with Crippen LogP contribution >= 0.6 is 43.2 Å². The van der Waals surface area contributed by atoms with Crippen molar-refractivity contribution in [2.75, 3.05) is 0 Å². The first-order chi connectivity index (χ1) is 24.6. The zero-order valence-corrected chi connectivity index (χ0v) is 30.6. The fourth-order valence-electron chi connectivity index (χ4n) is 6.73. The van der Waals surface area contributed by atoms with Gasteiger partial charge in [0.1, 0.15) is 0 Å². The van der Waals surface area contributed by atoms with Gasteiger partial charge in [-0.05, 0) is 95.1 Å². The zero-order valence-electron chi connectivity index (χ0n) is 26.6. The molecule has 0 aliphatic carbocycles. The lowest BCUT2D eigenvalue weighted by atomic mass is 10.0. The van der Waals surface area contributed by atoms with Gasteiger partial charge in [0.2, 0.25) is 0 Å². The average Bonchev–Trinajstić information content (AvgIpc) is 3.98. The quantitative estimate of drug-likeness (QED) is 0.193. The van der Waals surface area contributed by atoms with Gasteiger partial charge in [-0.2, -0.15) is 0 Å². The van der Waals surface area contributed by atoms with Gasteiger partial charge in [0.25, 0.3) is 0 Å². The van der Waals surface area contributed by atoms with Crippen LogP contribution < -0.4 is 0 Å². The Balaban J connectivity index is 1.48. The molecule has 5 heterocycles. The molecule has 9 rings (SSSR count). The second-order valence-corrected chi connectivity index (χ2v) is 15.0. The summed E-state index contributed by atoms with van der Waals surface area (Å²) in [5, 5.41) is 0. The second-order valence-electron chi connectivity index (χ2n) is 12.1. The number of aromatic nitrogens is 3. The third-order valence-electron chi connectivity index (χ3n) is 9.02. The van der Waals surface area contributed by atoms with Gasteiger partial charge in [-0.15, -0.1) is 11.3 Å². The predicted molar refractivity (Wildman–Crippen MR) is 220 cm³/mol. The minimum Gasteiger partial charge on any atom is -0.354 e. The molecule has 0 atom stereocenters. The summed E-state index contributed by atoms with van der Waals surface area (Å²) in [4.78, 5) is 14.6. The Morgan fingerprint density at radius 3 is 1.14 bits per heavy atom. The lowest BCUT2D eigenvalue weighted by molar-refractivity contribution is 1.32. The molecular formula is C44H27Br2N3S. The molecular weight excluding hydrogens is 762 g/mol. The largest absolute Gasteiger partial charge is 0.354 e. The third kappa shape index (κ3) is 5.69. The number of fused-ring (bicyclic) bond motifs is 8. The topological polar surface area (TPSA) is 41.6 Å². The van der Waals surface area contributed by atoms with Crippen LogP contribution in [-0.4, -0.2) is 15.0 Å². The molecule has 1 N–H and O–H groups in total. The molecule has 8 bridgehead atoms. The zero-order chi connectivity index (χ0) is 33.6. The first-order valence-electron chi connectivity index (χ1n) is 16.3. The Kier molecular flexibility index (Phi) is 8.00. The Bertz CT molecular complexity index is 2460. The molecule has 50 heavy (non-hydrogen) atoms. The van der Waals surface area contributed by atoms with E-state index in [2.05, 4.69) is 195 Å². The summed E-state index contributed by atoms with van der Waals surface area (Å²) in [6.07, 6.45) is 8.61. The highest BCUT2D eigenvalue weighted by atomic mass is 79.9. The number of hydrogen-bond acceptors (Lipinski definition) is 3. The molecule has 238 valence electrons. The highest BCUT2D eigenvalue weighted by molar-refractivity contribution is 9.10. The van der Waals surface area contributed by atoms with E-state index in [-0.39, 0.29) is 0 Å². The van der Waals surface area contributed by atoms with Crippen molar-refractivity contribution in [1.29, 1.82) is 0 Å². The number of thiophene rings is 1. The normalized spacial score (nSPS) is 12.0. The van der Waals surface area contributed by atoms with Crippen molar-refractivity contribution in [3.63, 3.8) is 0 Å². The molecule has 6 heteroatoms.